The second-order valence-electron chi connectivity index (χ2n) is 5.83. The van der Waals surface area contributed by atoms with Gasteiger partial charge in [0.1, 0.15) is 0 Å². The van der Waals surface area contributed by atoms with E-state index in [2.05, 4.69) is 20.0 Å². The molecule has 0 spiro atoms. The first-order chi connectivity index (χ1) is 14.2. The third kappa shape index (κ3) is 9.32. The maximum absolute atomic E-state index is 12.0. The van der Waals surface area contributed by atoms with E-state index in [4.69, 9.17) is 15.3 Å². The van der Waals surface area contributed by atoms with Gasteiger partial charge in [0.15, 0.2) is 0 Å². The number of hydrogen-bond donors (Lipinski definition) is 2. The number of aliphatic hydroxyl groups is 2. The topological polar surface area (TPSA) is 236 Å². The van der Waals surface area contributed by atoms with E-state index in [0.717, 1.165) is 0 Å². The molecular formula is C18H23MnN5O8+. The number of aliphatic hydroxyl groups excluding tert-OH is 2. The number of nitrogens with zero attached hydrogens (tertiary/aromatic N) is 5. The summed E-state index contributed by atoms with van der Waals surface area (Å²) in [5, 5.41) is 57.4. The fourth-order valence-electron chi connectivity index (χ4n) is 2.25. The molecule has 2 rings (SSSR count). The number of aryl methyl sites for hydroxylation is 2. The Labute approximate surface area is 193 Å². The molecule has 5 N–H and O–H groups in total. The van der Waals surface area contributed by atoms with Crippen LogP contribution in [0.5, 0.6) is 11.5 Å². The second kappa shape index (κ2) is 15.6. The number of aliphatic imine (C=N–C) groups is 2. The van der Waals surface area contributed by atoms with Crippen molar-refractivity contribution in [3.63, 3.8) is 0 Å². The fraction of sp³-hybridized carbons (Fsp3) is 0.333. The van der Waals surface area contributed by atoms with Gasteiger partial charge in [0.25, 0.3) is 0 Å². The van der Waals surface area contributed by atoms with E-state index < -0.39 is 5.09 Å². The van der Waals surface area contributed by atoms with Gasteiger partial charge in [0, 0.05) is 47.3 Å². The molecule has 32 heavy (non-hydrogen) atoms. The minimum atomic E-state index is -1.75. The van der Waals surface area contributed by atoms with E-state index in [0.29, 0.717) is 46.7 Å². The van der Waals surface area contributed by atoms with Crippen LogP contribution in [0.25, 0.3) is 0 Å². The minimum Gasteiger partial charge on any atom is -0.871 e. The summed E-state index contributed by atoms with van der Waals surface area (Å²) < 4.78 is 0. The molecule has 0 unspecified atom stereocenters. The first-order valence-electron chi connectivity index (χ1n) is 8.56. The van der Waals surface area contributed by atoms with Crippen molar-refractivity contribution in [3.8, 4) is 11.5 Å². The first-order valence-corrected chi connectivity index (χ1v) is 8.56. The van der Waals surface area contributed by atoms with E-state index in [-0.39, 0.29) is 47.3 Å². The van der Waals surface area contributed by atoms with E-state index in [1.807, 2.05) is 0 Å². The molecule has 0 saturated heterocycles. The molecule has 14 heteroatoms. The zero-order chi connectivity index (χ0) is 22.7. The summed E-state index contributed by atoms with van der Waals surface area (Å²) in [4.78, 5) is 24.4. The molecule has 0 aliphatic heterocycles. The van der Waals surface area contributed by atoms with Crippen LogP contribution in [0.1, 0.15) is 33.6 Å². The molecule has 0 fully saturated rings. The molecule has 174 valence electrons. The average molecular weight is 492 g/mol. The zero-order valence-electron chi connectivity index (χ0n) is 17.3. The van der Waals surface area contributed by atoms with Crippen molar-refractivity contribution in [1.29, 1.82) is 0 Å². The van der Waals surface area contributed by atoms with E-state index in [9.17, 15) is 20.4 Å². The standard InChI is InChI=1S/C18H22N4O4.Mn.NO3.H2O/c1-11-17(25)15(13(9-23)5-21-11)7-19-3-4-20-8-16-14(10-24)6-22-12(2)18(16)26;;2-1(3)4;/h5-8,23-26H,3-4,9-10H2,1-2H3;;;1H2/q;+3;-1;/p-1. The molecular weight excluding hydrogens is 469 g/mol. The van der Waals surface area contributed by atoms with Crippen LogP contribution in [-0.4, -0.2) is 50.8 Å². The van der Waals surface area contributed by atoms with Crippen LogP contribution in [-0.2, 0) is 35.8 Å². The van der Waals surface area contributed by atoms with Crippen LogP contribution in [0, 0.1) is 29.2 Å². The summed E-state index contributed by atoms with van der Waals surface area (Å²) in [7, 11) is 0. The monoisotopic (exact) mass is 492 g/mol. The number of rotatable bonds is 7. The zero-order valence-corrected chi connectivity index (χ0v) is 18.4. The summed E-state index contributed by atoms with van der Waals surface area (Å²) in [6.07, 6.45) is 5.72. The van der Waals surface area contributed by atoms with Gasteiger partial charge in [-0.05, 0) is 25.0 Å². The Hall–Kier alpha value is -3.16. The quantitative estimate of drug-likeness (QED) is 0.115. The van der Waals surface area contributed by atoms with Crippen molar-refractivity contribution in [3.05, 3.63) is 61.4 Å². The predicted molar refractivity (Wildman–Crippen MR) is 109 cm³/mol. The fourth-order valence-corrected chi connectivity index (χ4v) is 2.25. The third-order valence-electron chi connectivity index (χ3n) is 3.81. The summed E-state index contributed by atoms with van der Waals surface area (Å²) >= 11 is 0. The molecule has 0 aliphatic rings. The number of pyridine rings is 2. The summed E-state index contributed by atoms with van der Waals surface area (Å²) in [5.41, 5.74) is 2.16. The van der Waals surface area contributed by atoms with Crippen molar-refractivity contribution in [2.24, 2.45) is 9.98 Å². The second-order valence-corrected chi connectivity index (χ2v) is 5.83. The average Bonchev–Trinajstić information content (AvgIpc) is 2.70. The van der Waals surface area contributed by atoms with Crippen molar-refractivity contribution in [1.82, 2.24) is 9.97 Å². The van der Waals surface area contributed by atoms with Crippen LogP contribution < -0.4 is 10.2 Å². The summed E-state index contributed by atoms with van der Waals surface area (Å²) in [6, 6.07) is 0. The molecule has 13 nitrogen and oxygen atoms in total. The molecule has 2 heterocycles. The van der Waals surface area contributed by atoms with Crippen LogP contribution >= 0.6 is 0 Å². The van der Waals surface area contributed by atoms with Gasteiger partial charge in [-0.3, -0.25) is 20.0 Å². The van der Waals surface area contributed by atoms with Crippen LogP contribution in [0.2, 0.25) is 0 Å². The molecule has 2 aromatic rings. The van der Waals surface area contributed by atoms with Crippen molar-refractivity contribution in [2.75, 3.05) is 13.1 Å². The minimum absolute atomic E-state index is 0. The Balaban J connectivity index is 0. The number of hydrogen-bond acceptors (Lipinski definition) is 11. The Bertz CT molecular complexity index is 867. The van der Waals surface area contributed by atoms with Gasteiger partial charge < -0.3 is 41.2 Å². The predicted octanol–water partition coefficient (Wildman–Crippen LogP) is -1.40. The maximum atomic E-state index is 12.0. The van der Waals surface area contributed by atoms with Gasteiger partial charge in [-0.1, -0.05) is 11.5 Å². The van der Waals surface area contributed by atoms with Crippen LogP contribution in [0.15, 0.2) is 22.4 Å². The van der Waals surface area contributed by atoms with Gasteiger partial charge in [0.2, 0.25) is 0 Å². The molecule has 0 radical (unpaired) electrons. The Morgan fingerprint density at radius 1 is 0.906 bits per heavy atom. The molecule has 0 aromatic carbocycles. The van der Waals surface area contributed by atoms with Crippen molar-refractivity contribution >= 4 is 12.4 Å². The normalized spacial score (nSPS) is 10.2. The molecule has 2 aromatic heterocycles. The first kappa shape index (κ1) is 31.0. The molecule has 0 atom stereocenters. The van der Waals surface area contributed by atoms with Gasteiger partial charge in [-0.25, -0.2) is 0 Å². The van der Waals surface area contributed by atoms with Crippen molar-refractivity contribution in [2.45, 2.75) is 27.1 Å². The van der Waals surface area contributed by atoms with Crippen molar-refractivity contribution < 1.29 is 48.1 Å². The van der Waals surface area contributed by atoms with Crippen LogP contribution in [0.3, 0.4) is 0 Å². The van der Waals surface area contributed by atoms with Gasteiger partial charge in [-0.15, -0.1) is 0 Å². The molecule has 0 bridgehead atoms. The largest absolute Gasteiger partial charge is 3.00 e. The molecule has 0 aliphatic carbocycles. The SMILES string of the molecule is Cc1ncc(CO)c(C=NCCN=Cc2c(CO)cnc(C)c2[O-])c1[O-].O=[N+]([O-])[O-].[Mn+3].[OH3+]. The van der Waals surface area contributed by atoms with Gasteiger partial charge >= 0.3 is 17.1 Å². The van der Waals surface area contributed by atoms with Gasteiger partial charge in [-0.2, -0.15) is 0 Å². The van der Waals surface area contributed by atoms with Crippen LogP contribution in [0.4, 0.5) is 0 Å². The molecule has 0 amide bonds. The van der Waals surface area contributed by atoms with E-state index in [1.54, 1.807) is 13.8 Å². The Morgan fingerprint density at radius 3 is 1.50 bits per heavy atom. The smallest absolute Gasteiger partial charge is 0.871 e. The maximum Gasteiger partial charge on any atom is 3.00 e. The number of aromatic nitrogens is 2. The Kier molecular flexibility index (Phi) is 15.1. The van der Waals surface area contributed by atoms with Gasteiger partial charge in [0.05, 0.1) is 31.4 Å². The summed E-state index contributed by atoms with van der Waals surface area (Å²) in [5.74, 6) is -0.528. The Morgan fingerprint density at radius 2 is 1.22 bits per heavy atom. The van der Waals surface area contributed by atoms with E-state index in [1.165, 1.54) is 24.8 Å². The molecule has 0 saturated carbocycles. The third-order valence-corrected chi connectivity index (χ3v) is 3.81. The van der Waals surface area contributed by atoms with E-state index >= 15 is 0 Å². The summed E-state index contributed by atoms with van der Waals surface area (Å²) in [6.45, 7) is 3.21.